The Labute approximate surface area is 54.6 Å². The van der Waals surface area contributed by atoms with Crippen LogP contribution in [0, 0.1) is 0 Å². The molecule has 0 aliphatic carbocycles. The minimum absolute atomic E-state index is 0.108. The van der Waals surface area contributed by atoms with Gasteiger partial charge in [0.25, 0.3) is 0 Å². The van der Waals surface area contributed by atoms with E-state index in [9.17, 15) is 9.90 Å². The van der Waals surface area contributed by atoms with Crippen LogP contribution in [-0.4, -0.2) is 38.2 Å². The van der Waals surface area contributed by atoms with E-state index in [-0.39, 0.29) is 6.54 Å². The van der Waals surface area contributed by atoms with Crippen molar-refractivity contribution in [3.05, 3.63) is 0 Å². The summed E-state index contributed by atoms with van der Waals surface area (Å²) in [6.07, 6.45) is 0. The molecule has 0 saturated carbocycles. The Morgan fingerprint density at radius 3 is 2.11 bits per heavy atom. The first-order valence-electron chi connectivity index (χ1n) is 2.68. The van der Waals surface area contributed by atoms with Gasteiger partial charge in [0, 0.05) is 0 Å². The van der Waals surface area contributed by atoms with Crippen molar-refractivity contribution in [1.82, 2.24) is 5.43 Å². The van der Waals surface area contributed by atoms with Crippen molar-refractivity contribution in [2.75, 3.05) is 27.7 Å². The fourth-order valence-electron chi connectivity index (χ4n) is 0.302. The van der Waals surface area contributed by atoms with E-state index in [2.05, 4.69) is 5.43 Å². The smallest absolute Gasteiger partial charge is 0.0853 e. The predicted octanol–water partition coefficient (Wildman–Crippen LogP) is -2.05. The third-order valence-corrected chi connectivity index (χ3v) is 0.698. The van der Waals surface area contributed by atoms with E-state index in [4.69, 9.17) is 0 Å². The van der Waals surface area contributed by atoms with Crippen LogP contribution in [0.25, 0.3) is 0 Å². The lowest BCUT2D eigenvalue weighted by molar-refractivity contribution is -0.914. The van der Waals surface area contributed by atoms with Gasteiger partial charge in [-0.3, -0.25) is 4.59 Å². The lowest BCUT2D eigenvalue weighted by atomic mass is 10.7. The minimum Gasteiger partial charge on any atom is -0.549 e. The second kappa shape index (κ2) is 2.80. The second-order valence-corrected chi connectivity index (χ2v) is 2.72. The lowest BCUT2D eigenvalue weighted by Gasteiger charge is -2.23. The van der Waals surface area contributed by atoms with Gasteiger partial charge in [-0.05, 0) is 0 Å². The first kappa shape index (κ1) is 8.39. The average molecular weight is 132 g/mol. The Kier molecular flexibility index (Phi) is 2.61. The molecule has 0 aromatic heterocycles. The fraction of sp³-hybridized carbons (Fsp3) is 0.800. The topological polar surface area (TPSA) is 52.2 Å². The van der Waals surface area contributed by atoms with E-state index < -0.39 is 5.97 Å². The second-order valence-electron chi connectivity index (χ2n) is 2.72. The van der Waals surface area contributed by atoms with E-state index in [0.29, 0.717) is 4.59 Å². The molecule has 0 unspecified atom stereocenters. The molecule has 0 spiro atoms. The summed E-state index contributed by atoms with van der Waals surface area (Å²) in [5, 5.41) is 9.86. The first-order valence-corrected chi connectivity index (χ1v) is 2.68. The molecule has 0 aliphatic rings. The van der Waals surface area contributed by atoms with Gasteiger partial charge in [0.2, 0.25) is 0 Å². The zero-order chi connectivity index (χ0) is 7.49. The molecule has 0 rings (SSSR count). The molecule has 0 heterocycles. The fourth-order valence-corrected chi connectivity index (χ4v) is 0.302. The molecular formula is C5H12N2O2. The lowest BCUT2D eigenvalue weighted by Crippen LogP contribution is -2.52. The normalized spacial score (nSPS) is 11.4. The number of nitrogens with one attached hydrogen (secondary N) is 1. The van der Waals surface area contributed by atoms with E-state index in [1.165, 1.54) is 0 Å². The zero-order valence-electron chi connectivity index (χ0n) is 5.97. The maximum Gasteiger partial charge on any atom is 0.0853 e. The predicted molar refractivity (Wildman–Crippen MR) is 31.0 cm³/mol. The molecule has 9 heavy (non-hydrogen) atoms. The molecule has 4 heteroatoms. The SMILES string of the molecule is C[N+](C)(C)NCC(=O)[O-]. The van der Waals surface area contributed by atoms with Gasteiger partial charge in [-0.1, -0.05) is 0 Å². The molecule has 0 amide bonds. The average Bonchev–Trinajstić information content (AvgIpc) is 1.59. The summed E-state index contributed by atoms with van der Waals surface area (Å²) >= 11 is 0. The van der Waals surface area contributed by atoms with Crippen LogP contribution in [-0.2, 0) is 4.79 Å². The highest BCUT2D eigenvalue weighted by Gasteiger charge is 2.03. The minimum atomic E-state index is -1.08. The van der Waals surface area contributed by atoms with Crippen molar-refractivity contribution in [2.24, 2.45) is 0 Å². The van der Waals surface area contributed by atoms with Crippen molar-refractivity contribution in [2.45, 2.75) is 0 Å². The van der Waals surface area contributed by atoms with Crippen LogP contribution in [0.3, 0.4) is 0 Å². The highest BCUT2D eigenvalue weighted by Crippen LogP contribution is 1.77. The highest BCUT2D eigenvalue weighted by atomic mass is 16.4. The Morgan fingerprint density at radius 2 is 2.00 bits per heavy atom. The van der Waals surface area contributed by atoms with Crippen LogP contribution in [0.5, 0.6) is 0 Å². The van der Waals surface area contributed by atoms with Gasteiger partial charge in [-0.25, -0.2) is 0 Å². The van der Waals surface area contributed by atoms with Gasteiger partial charge in [-0.2, -0.15) is 5.43 Å². The molecular weight excluding hydrogens is 120 g/mol. The molecule has 4 nitrogen and oxygen atoms in total. The molecule has 0 atom stereocenters. The van der Waals surface area contributed by atoms with Gasteiger partial charge < -0.3 is 9.90 Å². The molecule has 0 aromatic rings. The van der Waals surface area contributed by atoms with Crippen LogP contribution in [0.2, 0.25) is 0 Å². The van der Waals surface area contributed by atoms with Crippen LogP contribution < -0.4 is 10.5 Å². The molecule has 0 saturated heterocycles. The third-order valence-electron chi connectivity index (χ3n) is 0.698. The molecule has 54 valence electrons. The van der Waals surface area contributed by atoms with E-state index in [0.717, 1.165) is 0 Å². The number of carbonyl (C=O) groups excluding carboxylic acids is 1. The number of hydrogen-bond donors (Lipinski definition) is 1. The van der Waals surface area contributed by atoms with Crippen molar-refractivity contribution < 1.29 is 14.5 Å². The van der Waals surface area contributed by atoms with E-state index in [1.54, 1.807) is 0 Å². The molecule has 0 aromatic carbocycles. The number of carboxylic acid groups (broad SMARTS) is 1. The zero-order valence-corrected chi connectivity index (χ0v) is 5.97. The maximum absolute atomic E-state index is 9.86. The summed E-state index contributed by atoms with van der Waals surface area (Å²) in [6, 6.07) is 0. The van der Waals surface area contributed by atoms with Crippen molar-refractivity contribution in [3.8, 4) is 0 Å². The molecule has 0 fully saturated rings. The van der Waals surface area contributed by atoms with Gasteiger partial charge in [-0.15, -0.1) is 0 Å². The van der Waals surface area contributed by atoms with Gasteiger partial charge in [0.05, 0.1) is 33.7 Å². The maximum atomic E-state index is 9.86. The summed E-state index contributed by atoms with van der Waals surface area (Å²) in [5.41, 5.74) is 2.70. The first-order chi connectivity index (χ1) is 3.92. The molecule has 0 bridgehead atoms. The van der Waals surface area contributed by atoms with Crippen molar-refractivity contribution >= 4 is 5.97 Å². The number of aliphatic carboxylic acids is 1. The number of nitrogens with zero attached hydrogens (tertiary/aromatic N) is 1. The quantitative estimate of drug-likeness (QED) is 0.355. The summed E-state index contributed by atoms with van der Waals surface area (Å²) in [4.78, 5) is 9.86. The standard InChI is InChI=1S/C5H12N2O2/c1-7(2,3)6-4-5(8)9/h6H,4H2,1-3H3. The third kappa shape index (κ3) is 7.39. The monoisotopic (exact) mass is 132 g/mol. The van der Waals surface area contributed by atoms with Crippen LogP contribution in [0.1, 0.15) is 0 Å². The van der Waals surface area contributed by atoms with Crippen LogP contribution in [0.4, 0.5) is 0 Å². The molecule has 1 N–H and O–H groups in total. The number of carboxylic acids is 1. The summed E-state index contributed by atoms with van der Waals surface area (Å²) in [7, 11) is 5.51. The number of carbonyl (C=O) groups is 1. The van der Waals surface area contributed by atoms with Crippen LogP contribution in [0.15, 0.2) is 0 Å². The molecule has 0 radical (unpaired) electrons. The largest absolute Gasteiger partial charge is 0.549 e. The van der Waals surface area contributed by atoms with Crippen LogP contribution >= 0.6 is 0 Å². The summed E-state index contributed by atoms with van der Waals surface area (Å²) in [5.74, 6) is -1.08. The Bertz CT molecular complexity index is 106. The van der Waals surface area contributed by atoms with Gasteiger partial charge >= 0.3 is 0 Å². The number of hydrogen-bond acceptors (Lipinski definition) is 3. The van der Waals surface area contributed by atoms with Gasteiger partial charge in [0.15, 0.2) is 0 Å². The molecule has 0 aliphatic heterocycles. The van der Waals surface area contributed by atoms with E-state index >= 15 is 0 Å². The number of rotatable bonds is 3. The Hall–Kier alpha value is -0.610. The number of quaternary nitrogens is 1. The van der Waals surface area contributed by atoms with Crippen molar-refractivity contribution in [1.29, 1.82) is 0 Å². The highest BCUT2D eigenvalue weighted by molar-refractivity contribution is 5.66. The van der Waals surface area contributed by atoms with E-state index in [1.807, 2.05) is 21.1 Å². The summed E-state index contributed by atoms with van der Waals surface area (Å²) in [6.45, 7) is -0.108. The Balaban J connectivity index is 3.39. The van der Waals surface area contributed by atoms with Gasteiger partial charge in [0.1, 0.15) is 0 Å². The van der Waals surface area contributed by atoms with Crippen molar-refractivity contribution in [3.63, 3.8) is 0 Å². The summed E-state index contributed by atoms with van der Waals surface area (Å²) < 4.78 is 0.425. The Morgan fingerprint density at radius 1 is 1.56 bits per heavy atom.